The van der Waals surface area contributed by atoms with Crippen LogP contribution in [0.2, 0.25) is 0 Å². The summed E-state index contributed by atoms with van der Waals surface area (Å²) in [7, 11) is 0. The van der Waals surface area contributed by atoms with Gasteiger partial charge < -0.3 is 10.3 Å². The normalized spacial score (nSPS) is 13.3. The second-order valence-corrected chi connectivity index (χ2v) is 5.61. The van der Waals surface area contributed by atoms with Crippen LogP contribution in [-0.2, 0) is 12.2 Å². The number of nitrogens with zero attached hydrogens (tertiary/aromatic N) is 2. The summed E-state index contributed by atoms with van der Waals surface area (Å²) in [4.78, 5) is 4.32. The molecule has 1 heterocycles. The largest absolute Gasteiger partial charge is 0.339 e. The van der Waals surface area contributed by atoms with Crippen molar-refractivity contribution < 1.29 is 4.52 Å². The molecule has 0 aliphatic rings. The molecule has 1 unspecified atom stereocenters. The molecular weight excluding hydrogens is 222 g/mol. The minimum atomic E-state index is 0.118. The molecule has 0 aromatic carbocycles. The van der Waals surface area contributed by atoms with E-state index in [-0.39, 0.29) is 6.04 Å². The van der Waals surface area contributed by atoms with Gasteiger partial charge in [0, 0.05) is 12.5 Å². The fourth-order valence-electron chi connectivity index (χ4n) is 1.54. The molecule has 1 aromatic rings. The first-order chi connectivity index (χ1) is 7.61. The van der Waals surface area contributed by atoms with Crippen LogP contribution in [0.3, 0.4) is 0 Å². The Morgan fingerprint density at radius 2 is 2.19 bits per heavy atom. The summed E-state index contributed by atoms with van der Waals surface area (Å²) in [6.07, 6.45) is 1.67. The van der Waals surface area contributed by atoms with Gasteiger partial charge in [0.1, 0.15) is 0 Å². The molecule has 0 saturated carbocycles. The van der Waals surface area contributed by atoms with E-state index in [1.165, 1.54) is 0 Å². The molecule has 1 rings (SSSR count). The van der Waals surface area contributed by atoms with E-state index in [1.54, 1.807) is 11.8 Å². The summed E-state index contributed by atoms with van der Waals surface area (Å²) >= 11 is 1.79. The van der Waals surface area contributed by atoms with Crippen molar-refractivity contribution in [2.45, 2.75) is 45.4 Å². The van der Waals surface area contributed by atoms with Crippen LogP contribution in [0.15, 0.2) is 4.52 Å². The summed E-state index contributed by atoms with van der Waals surface area (Å²) in [6, 6.07) is 0.118. The van der Waals surface area contributed by atoms with E-state index >= 15 is 0 Å². The highest BCUT2D eigenvalue weighted by Gasteiger charge is 2.12. The van der Waals surface area contributed by atoms with Crippen molar-refractivity contribution in [3.8, 4) is 0 Å². The average Bonchev–Trinajstić information content (AvgIpc) is 2.61. The van der Waals surface area contributed by atoms with E-state index in [2.05, 4.69) is 30.9 Å². The number of thioether (sulfide) groups is 1. The van der Waals surface area contributed by atoms with Gasteiger partial charge >= 0.3 is 0 Å². The molecule has 2 N–H and O–H groups in total. The third-order valence-electron chi connectivity index (χ3n) is 2.16. The van der Waals surface area contributed by atoms with Crippen molar-refractivity contribution in [1.82, 2.24) is 10.1 Å². The van der Waals surface area contributed by atoms with Crippen LogP contribution in [0.1, 0.15) is 38.9 Å². The Kier molecular flexibility index (Phi) is 5.84. The van der Waals surface area contributed by atoms with Crippen LogP contribution in [0, 0.1) is 5.92 Å². The zero-order valence-corrected chi connectivity index (χ0v) is 11.1. The molecule has 5 heteroatoms. The zero-order valence-electron chi connectivity index (χ0n) is 10.3. The highest BCUT2D eigenvalue weighted by atomic mass is 32.2. The molecule has 0 amide bonds. The maximum atomic E-state index is 5.98. The zero-order chi connectivity index (χ0) is 12.0. The lowest BCUT2D eigenvalue weighted by molar-refractivity contribution is 0.356. The lowest BCUT2D eigenvalue weighted by Gasteiger charge is -2.10. The highest BCUT2D eigenvalue weighted by molar-refractivity contribution is 7.98. The quantitative estimate of drug-likeness (QED) is 0.795. The summed E-state index contributed by atoms with van der Waals surface area (Å²) in [5.41, 5.74) is 5.98. The van der Waals surface area contributed by atoms with Gasteiger partial charge in [-0.1, -0.05) is 25.9 Å². The lowest BCUT2D eigenvalue weighted by atomic mass is 10.0. The van der Waals surface area contributed by atoms with Crippen molar-refractivity contribution in [3.63, 3.8) is 0 Å². The number of rotatable bonds is 7. The van der Waals surface area contributed by atoms with E-state index in [0.717, 1.165) is 23.8 Å². The monoisotopic (exact) mass is 243 g/mol. The summed E-state index contributed by atoms with van der Waals surface area (Å²) < 4.78 is 5.16. The minimum absolute atomic E-state index is 0.118. The van der Waals surface area contributed by atoms with Crippen LogP contribution in [0.25, 0.3) is 0 Å². The molecule has 1 atom stereocenters. The summed E-state index contributed by atoms with van der Waals surface area (Å²) in [5.74, 6) is 3.93. The third kappa shape index (κ3) is 4.99. The van der Waals surface area contributed by atoms with Crippen LogP contribution < -0.4 is 5.73 Å². The maximum absolute atomic E-state index is 5.98. The Morgan fingerprint density at radius 3 is 2.81 bits per heavy atom. The van der Waals surface area contributed by atoms with Crippen molar-refractivity contribution >= 4 is 11.8 Å². The van der Waals surface area contributed by atoms with Crippen LogP contribution >= 0.6 is 11.8 Å². The fourth-order valence-corrected chi connectivity index (χ4v) is 2.04. The first kappa shape index (κ1) is 13.5. The van der Waals surface area contributed by atoms with Crippen LogP contribution in [0.5, 0.6) is 0 Å². The molecule has 0 aliphatic heterocycles. The van der Waals surface area contributed by atoms with E-state index in [4.69, 9.17) is 10.3 Å². The first-order valence-corrected chi connectivity index (χ1v) is 6.92. The highest BCUT2D eigenvalue weighted by Crippen LogP contribution is 2.11. The van der Waals surface area contributed by atoms with Gasteiger partial charge in [-0.15, -0.1) is 0 Å². The maximum Gasteiger partial charge on any atom is 0.228 e. The molecule has 92 valence electrons. The first-order valence-electron chi connectivity index (χ1n) is 5.76. The Balaban J connectivity index is 2.39. The number of nitrogens with two attached hydrogens (primary N) is 1. The van der Waals surface area contributed by atoms with Crippen molar-refractivity contribution in [1.29, 1.82) is 0 Å². The number of hydrogen-bond donors (Lipinski definition) is 1. The topological polar surface area (TPSA) is 64.9 Å². The molecule has 4 nitrogen and oxygen atoms in total. The minimum Gasteiger partial charge on any atom is -0.339 e. The number of hydrogen-bond acceptors (Lipinski definition) is 5. The molecule has 0 saturated heterocycles. The molecule has 0 spiro atoms. The van der Waals surface area contributed by atoms with Gasteiger partial charge in [0.25, 0.3) is 0 Å². The van der Waals surface area contributed by atoms with Gasteiger partial charge in [-0.05, 0) is 18.1 Å². The molecule has 1 aromatic heterocycles. The van der Waals surface area contributed by atoms with Crippen LogP contribution in [-0.4, -0.2) is 21.9 Å². The van der Waals surface area contributed by atoms with Gasteiger partial charge in [0.2, 0.25) is 5.89 Å². The molecule has 0 radical (unpaired) electrons. The molecule has 16 heavy (non-hydrogen) atoms. The SMILES string of the molecule is CCSCc1noc(CC(N)CC(C)C)n1. The molecule has 0 aliphatic carbocycles. The van der Waals surface area contributed by atoms with Gasteiger partial charge in [-0.3, -0.25) is 0 Å². The van der Waals surface area contributed by atoms with E-state index in [9.17, 15) is 0 Å². The van der Waals surface area contributed by atoms with E-state index in [0.29, 0.717) is 18.2 Å². The van der Waals surface area contributed by atoms with Crippen molar-refractivity contribution in [2.75, 3.05) is 5.75 Å². The van der Waals surface area contributed by atoms with Gasteiger partial charge in [-0.25, -0.2) is 0 Å². The van der Waals surface area contributed by atoms with Gasteiger partial charge in [-0.2, -0.15) is 16.7 Å². The van der Waals surface area contributed by atoms with Gasteiger partial charge in [0.05, 0.1) is 5.75 Å². The molecular formula is C11H21N3OS. The summed E-state index contributed by atoms with van der Waals surface area (Å²) in [5, 5.41) is 3.92. The van der Waals surface area contributed by atoms with Gasteiger partial charge in [0.15, 0.2) is 5.82 Å². The lowest BCUT2D eigenvalue weighted by Crippen LogP contribution is -2.24. The standard InChI is InChI=1S/C11H21N3OS/c1-4-16-7-10-13-11(15-14-10)6-9(12)5-8(2)3/h8-9H,4-7,12H2,1-3H3. The summed E-state index contributed by atoms with van der Waals surface area (Å²) in [6.45, 7) is 6.44. The predicted molar refractivity (Wildman–Crippen MR) is 67.3 cm³/mol. The Morgan fingerprint density at radius 1 is 1.44 bits per heavy atom. The molecule has 0 fully saturated rings. The van der Waals surface area contributed by atoms with E-state index in [1.807, 2.05) is 0 Å². The smallest absolute Gasteiger partial charge is 0.228 e. The Labute approximate surface area is 101 Å². The van der Waals surface area contributed by atoms with Crippen molar-refractivity contribution in [3.05, 3.63) is 11.7 Å². The molecule has 0 bridgehead atoms. The predicted octanol–water partition coefficient (Wildman–Crippen LogP) is 2.24. The Bertz CT molecular complexity index is 301. The van der Waals surface area contributed by atoms with Crippen LogP contribution in [0.4, 0.5) is 0 Å². The third-order valence-corrected chi connectivity index (χ3v) is 3.03. The Hall–Kier alpha value is -0.550. The second-order valence-electron chi connectivity index (χ2n) is 4.34. The number of aromatic nitrogens is 2. The average molecular weight is 243 g/mol. The second kappa shape index (κ2) is 6.91. The van der Waals surface area contributed by atoms with Crippen molar-refractivity contribution in [2.24, 2.45) is 11.7 Å². The fraction of sp³-hybridized carbons (Fsp3) is 0.818. The van der Waals surface area contributed by atoms with E-state index < -0.39 is 0 Å².